The van der Waals surface area contributed by atoms with Gasteiger partial charge in [-0.1, -0.05) is 33.1 Å². The van der Waals surface area contributed by atoms with Crippen LogP contribution in [0.4, 0.5) is 0 Å². The van der Waals surface area contributed by atoms with Crippen molar-refractivity contribution < 1.29 is 0 Å². The molecular formula is C15H30N2. The minimum Gasteiger partial charge on any atom is -0.315 e. The first kappa shape index (κ1) is 13.4. The van der Waals surface area contributed by atoms with Gasteiger partial charge in [-0.05, 0) is 37.1 Å². The molecule has 1 heterocycles. The normalized spacial score (nSPS) is 32.1. The number of rotatable bonds is 5. The molecule has 2 nitrogen and oxygen atoms in total. The molecule has 1 aliphatic heterocycles. The summed E-state index contributed by atoms with van der Waals surface area (Å²) in [7, 11) is 0. The summed E-state index contributed by atoms with van der Waals surface area (Å²) in [6.45, 7) is 11.1. The Bertz CT molecular complexity index is 201. The highest BCUT2D eigenvalue weighted by Gasteiger charge is 2.25. The molecule has 0 bridgehead atoms. The van der Waals surface area contributed by atoms with Crippen LogP contribution in [0.25, 0.3) is 0 Å². The van der Waals surface area contributed by atoms with Gasteiger partial charge in [0.15, 0.2) is 0 Å². The fourth-order valence-corrected chi connectivity index (χ4v) is 3.37. The van der Waals surface area contributed by atoms with Crippen molar-refractivity contribution in [2.75, 3.05) is 32.7 Å². The Morgan fingerprint density at radius 3 is 2.29 bits per heavy atom. The summed E-state index contributed by atoms with van der Waals surface area (Å²) >= 11 is 0. The Balaban J connectivity index is 1.51. The van der Waals surface area contributed by atoms with Crippen LogP contribution in [0.5, 0.6) is 0 Å². The average Bonchev–Trinajstić information content (AvgIpc) is 2.66. The highest BCUT2D eigenvalue weighted by molar-refractivity contribution is 4.78. The molecule has 2 rings (SSSR count). The van der Waals surface area contributed by atoms with Gasteiger partial charge in [-0.15, -0.1) is 0 Å². The second-order valence-electron chi connectivity index (χ2n) is 6.42. The van der Waals surface area contributed by atoms with Crippen LogP contribution in [0, 0.1) is 17.8 Å². The quantitative estimate of drug-likeness (QED) is 0.741. The Labute approximate surface area is 107 Å². The van der Waals surface area contributed by atoms with E-state index in [1.807, 2.05) is 0 Å². The van der Waals surface area contributed by atoms with E-state index in [0.29, 0.717) is 0 Å². The van der Waals surface area contributed by atoms with E-state index < -0.39 is 0 Å². The Hall–Kier alpha value is -0.0800. The third kappa shape index (κ3) is 4.26. The van der Waals surface area contributed by atoms with E-state index in [1.54, 1.807) is 0 Å². The third-order valence-electron chi connectivity index (χ3n) is 4.83. The van der Waals surface area contributed by atoms with Crippen LogP contribution in [-0.4, -0.2) is 37.6 Å². The molecule has 0 aromatic rings. The van der Waals surface area contributed by atoms with Gasteiger partial charge in [0.05, 0.1) is 0 Å². The maximum atomic E-state index is 3.67. The molecule has 1 saturated heterocycles. The lowest BCUT2D eigenvalue weighted by Crippen LogP contribution is -2.33. The van der Waals surface area contributed by atoms with Crippen molar-refractivity contribution in [1.82, 2.24) is 10.2 Å². The molecule has 0 spiro atoms. The largest absolute Gasteiger partial charge is 0.315 e. The fourth-order valence-electron chi connectivity index (χ4n) is 3.37. The van der Waals surface area contributed by atoms with Crippen molar-refractivity contribution in [3.8, 4) is 0 Å². The van der Waals surface area contributed by atoms with Crippen LogP contribution in [-0.2, 0) is 0 Å². The molecule has 2 heteroatoms. The minimum atomic E-state index is 0.897. The van der Waals surface area contributed by atoms with Crippen molar-refractivity contribution in [2.45, 2.75) is 46.0 Å². The maximum Gasteiger partial charge on any atom is 0.0107 e. The molecule has 2 unspecified atom stereocenters. The predicted octanol–water partition coefficient (Wildman–Crippen LogP) is 2.74. The predicted molar refractivity (Wildman–Crippen MR) is 74.2 cm³/mol. The lowest BCUT2D eigenvalue weighted by molar-refractivity contribution is 0.302. The average molecular weight is 238 g/mol. The Morgan fingerprint density at radius 2 is 1.65 bits per heavy atom. The lowest BCUT2D eigenvalue weighted by Gasteiger charge is -2.22. The number of hydrogen-bond donors (Lipinski definition) is 1. The molecule has 0 radical (unpaired) electrons. The summed E-state index contributed by atoms with van der Waals surface area (Å²) in [6.07, 6.45) is 7.33. The molecule has 1 saturated carbocycles. The van der Waals surface area contributed by atoms with Gasteiger partial charge < -0.3 is 10.2 Å². The Morgan fingerprint density at radius 1 is 1.00 bits per heavy atom. The van der Waals surface area contributed by atoms with Crippen LogP contribution < -0.4 is 5.32 Å². The van der Waals surface area contributed by atoms with Crippen LogP contribution in [0.2, 0.25) is 0 Å². The van der Waals surface area contributed by atoms with Gasteiger partial charge in [-0.25, -0.2) is 0 Å². The van der Waals surface area contributed by atoms with Crippen molar-refractivity contribution in [3.05, 3.63) is 0 Å². The van der Waals surface area contributed by atoms with Gasteiger partial charge in [0.1, 0.15) is 0 Å². The van der Waals surface area contributed by atoms with Gasteiger partial charge in [-0.3, -0.25) is 0 Å². The monoisotopic (exact) mass is 238 g/mol. The minimum absolute atomic E-state index is 0.897. The summed E-state index contributed by atoms with van der Waals surface area (Å²) in [4.78, 5) is 2.63. The second-order valence-corrected chi connectivity index (χ2v) is 6.42. The van der Waals surface area contributed by atoms with E-state index in [9.17, 15) is 0 Å². The van der Waals surface area contributed by atoms with E-state index in [4.69, 9.17) is 0 Å². The molecule has 0 aromatic carbocycles. The Kier molecular flexibility index (Phi) is 5.30. The number of hydrogen-bond acceptors (Lipinski definition) is 2. The molecule has 0 aromatic heterocycles. The summed E-state index contributed by atoms with van der Waals surface area (Å²) in [5.74, 6) is 2.77. The molecule has 1 N–H and O–H groups in total. The van der Waals surface area contributed by atoms with Gasteiger partial charge >= 0.3 is 0 Å². The highest BCUT2D eigenvalue weighted by Crippen LogP contribution is 2.23. The summed E-state index contributed by atoms with van der Waals surface area (Å²) in [6, 6.07) is 0. The molecular weight excluding hydrogens is 208 g/mol. The smallest absolute Gasteiger partial charge is 0.0107 e. The summed E-state index contributed by atoms with van der Waals surface area (Å²) in [5.41, 5.74) is 0. The van der Waals surface area contributed by atoms with Gasteiger partial charge in [-0.2, -0.15) is 0 Å². The standard InChI is InChI=1S/C15H30N2/c1-13-11-17(12-14(13)2)9-8-16-10-15-6-4-3-5-7-15/h13-16H,3-12H2,1-2H3. The molecule has 2 aliphatic rings. The highest BCUT2D eigenvalue weighted by atomic mass is 15.2. The van der Waals surface area contributed by atoms with E-state index in [-0.39, 0.29) is 0 Å². The molecule has 2 atom stereocenters. The third-order valence-corrected chi connectivity index (χ3v) is 4.83. The number of likely N-dealkylation sites (tertiary alicyclic amines) is 1. The SMILES string of the molecule is CC1CN(CCNCC2CCCCC2)CC1C. The van der Waals surface area contributed by atoms with Crippen molar-refractivity contribution in [2.24, 2.45) is 17.8 Å². The van der Waals surface area contributed by atoms with Gasteiger partial charge in [0, 0.05) is 26.2 Å². The molecule has 2 fully saturated rings. The van der Waals surface area contributed by atoms with Crippen LogP contribution in [0.15, 0.2) is 0 Å². The number of nitrogens with one attached hydrogen (secondary N) is 1. The van der Waals surface area contributed by atoms with E-state index in [0.717, 1.165) is 17.8 Å². The first-order valence-corrected chi connectivity index (χ1v) is 7.69. The molecule has 17 heavy (non-hydrogen) atoms. The zero-order chi connectivity index (χ0) is 12.1. The van der Waals surface area contributed by atoms with E-state index in [1.165, 1.54) is 64.8 Å². The van der Waals surface area contributed by atoms with Gasteiger partial charge in [0.25, 0.3) is 0 Å². The molecule has 0 amide bonds. The van der Waals surface area contributed by atoms with E-state index in [2.05, 4.69) is 24.1 Å². The van der Waals surface area contributed by atoms with E-state index >= 15 is 0 Å². The molecule has 1 aliphatic carbocycles. The zero-order valence-corrected chi connectivity index (χ0v) is 11.8. The fraction of sp³-hybridized carbons (Fsp3) is 1.00. The summed E-state index contributed by atoms with van der Waals surface area (Å²) in [5, 5.41) is 3.67. The maximum absolute atomic E-state index is 3.67. The zero-order valence-electron chi connectivity index (χ0n) is 11.8. The van der Waals surface area contributed by atoms with Crippen molar-refractivity contribution in [1.29, 1.82) is 0 Å². The van der Waals surface area contributed by atoms with Crippen LogP contribution in [0.3, 0.4) is 0 Å². The van der Waals surface area contributed by atoms with Gasteiger partial charge in [0.2, 0.25) is 0 Å². The summed E-state index contributed by atoms with van der Waals surface area (Å²) < 4.78 is 0. The topological polar surface area (TPSA) is 15.3 Å². The number of nitrogens with zero attached hydrogens (tertiary/aromatic N) is 1. The lowest BCUT2D eigenvalue weighted by atomic mass is 9.89. The van der Waals surface area contributed by atoms with Crippen molar-refractivity contribution >= 4 is 0 Å². The van der Waals surface area contributed by atoms with Crippen LogP contribution in [0.1, 0.15) is 46.0 Å². The second kappa shape index (κ2) is 6.75. The first-order valence-electron chi connectivity index (χ1n) is 7.69. The van der Waals surface area contributed by atoms with Crippen molar-refractivity contribution in [3.63, 3.8) is 0 Å². The first-order chi connectivity index (χ1) is 8.25. The molecule has 100 valence electrons. The van der Waals surface area contributed by atoms with Crippen LogP contribution >= 0.6 is 0 Å².